The van der Waals surface area contributed by atoms with Crippen molar-refractivity contribution in [1.82, 2.24) is 9.88 Å². The number of carbonyl (C=O) groups excluding carboxylic acids is 1. The molecule has 2 saturated carbocycles. The van der Waals surface area contributed by atoms with E-state index in [2.05, 4.69) is 15.2 Å². The summed E-state index contributed by atoms with van der Waals surface area (Å²) in [5, 5.41) is 12.4. The molecule has 2 aliphatic rings. The second kappa shape index (κ2) is 13.3. The Labute approximate surface area is 219 Å². The zero-order valence-electron chi connectivity index (χ0n) is 20.4. The Bertz CT molecular complexity index is 989. The van der Waals surface area contributed by atoms with Gasteiger partial charge in [0.15, 0.2) is 5.13 Å². The molecule has 0 radical (unpaired) electrons. The topological polar surface area (TPSA) is 91.8 Å². The molecular formula is C26H34FN3O4S2. The summed E-state index contributed by atoms with van der Waals surface area (Å²) < 4.78 is 19.9. The summed E-state index contributed by atoms with van der Waals surface area (Å²) in [6.45, 7) is 0.607. The molecule has 2 N–H and O–H groups in total. The second-order valence-corrected chi connectivity index (χ2v) is 12.0. The zero-order chi connectivity index (χ0) is 25.3. The van der Waals surface area contributed by atoms with Crippen LogP contribution in [0.1, 0.15) is 64.2 Å². The summed E-state index contributed by atoms with van der Waals surface area (Å²) in [5.41, 5.74) is 0. The van der Waals surface area contributed by atoms with Gasteiger partial charge >= 0.3 is 12.0 Å². The van der Waals surface area contributed by atoms with Crippen molar-refractivity contribution in [3.8, 4) is 5.75 Å². The number of benzene rings is 1. The molecule has 0 spiro atoms. The molecule has 0 saturated heterocycles. The zero-order valence-corrected chi connectivity index (χ0v) is 22.0. The van der Waals surface area contributed by atoms with Crippen LogP contribution in [-0.4, -0.2) is 51.4 Å². The van der Waals surface area contributed by atoms with E-state index >= 15 is 0 Å². The van der Waals surface area contributed by atoms with Crippen molar-refractivity contribution in [3.63, 3.8) is 0 Å². The first-order valence-corrected chi connectivity index (χ1v) is 14.6. The number of halogens is 1. The fourth-order valence-corrected chi connectivity index (χ4v) is 6.97. The summed E-state index contributed by atoms with van der Waals surface area (Å²) in [6.07, 6.45) is 11.3. The summed E-state index contributed by atoms with van der Waals surface area (Å²) in [6, 6.07) is 6.50. The third-order valence-corrected chi connectivity index (χ3v) is 9.08. The highest BCUT2D eigenvalue weighted by atomic mass is 32.2. The van der Waals surface area contributed by atoms with Gasteiger partial charge in [0.05, 0.1) is 23.4 Å². The lowest BCUT2D eigenvalue weighted by Gasteiger charge is -2.42. The highest BCUT2D eigenvalue weighted by molar-refractivity contribution is 8.01. The first kappa shape index (κ1) is 26.7. The Balaban J connectivity index is 1.32. The monoisotopic (exact) mass is 535 g/mol. The van der Waals surface area contributed by atoms with Crippen molar-refractivity contribution in [1.29, 1.82) is 0 Å². The number of amides is 2. The molecule has 0 unspecified atom stereocenters. The van der Waals surface area contributed by atoms with Gasteiger partial charge in [-0.15, -0.1) is 11.8 Å². The molecule has 2 fully saturated rings. The molecule has 10 heteroatoms. The van der Waals surface area contributed by atoms with Gasteiger partial charge in [0.1, 0.15) is 11.6 Å². The maximum atomic E-state index is 13.5. The number of carboxylic acids is 1. The molecule has 1 aromatic heterocycles. The van der Waals surface area contributed by atoms with E-state index in [1.165, 1.54) is 41.7 Å². The lowest BCUT2D eigenvalue weighted by atomic mass is 9.84. The van der Waals surface area contributed by atoms with E-state index in [-0.39, 0.29) is 30.4 Å². The van der Waals surface area contributed by atoms with Crippen molar-refractivity contribution in [3.05, 3.63) is 36.3 Å². The van der Waals surface area contributed by atoms with Crippen molar-refractivity contribution < 1.29 is 23.8 Å². The number of aromatic nitrogens is 1. The molecule has 7 nitrogen and oxygen atoms in total. The van der Waals surface area contributed by atoms with Crippen molar-refractivity contribution in [2.24, 2.45) is 5.92 Å². The van der Waals surface area contributed by atoms with E-state index in [9.17, 15) is 14.0 Å². The Morgan fingerprint density at radius 1 is 1.08 bits per heavy atom. The van der Waals surface area contributed by atoms with Gasteiger partial charge in [-0.05, 0) is 68.7 Å². The molecule has 2 amide bonds. The SMILES string of the molecule is O=C(O)CCSc1cnc(NC(=O)N(C2CCCCC2)[C@H]2CC[C@H](COc3ccc(F)cc3)CC2)s1. The fraction of sp³-hybridized carbons (Fsp3) is 0.577. The summed E-state index contributed by atoms with van der Waals surface area (Å²) >= 11 is 2.83. The van der Waals surface area contributed by atoms with Crippen LogP contribution < -0.4 is 10.1 Å². The molecule has 0 atom stereocenters. The van der Waals surface area contributed by atoms with Crippen LogP contribution in [0.4, 0.5) is 14.3 Å². The fourth-order valence-electron chi connectivity index (χ4n) is 5.10. The first-order chi connectivity index (χ1) is 17.5. The number of rotatable bonds is 10. The molecule has 0 aliphatic heterocycles. The number of urea groups is 1. The minimum absolute atomic E-state index is 0.0793. The van der Waals surface area contributed by atoms with Crippen LogP contribution >= 0.6 is 23.1 Å². The van der Waals surface area contributed by atoms with Crippen LogP contribution in [0.15, 0.2) is 34.7 Å². The van der Waals surface area contributed by atoms with Crippen LogP contribution in [0.5, 0.6) is 5.75 Å². The predicted octanol–water partition coefficient (Wildman–Crippen LogP) is 6.65. The van der Waals surface area contributed by atoms with E-state index in [1.807, 2.05) is 0 Å². The van der Waals surface area contributed by atoms with Crippen molar-refractivity contribution >= 4 is 40.2 Å². The van der Waals surface area contributed by atoms with Crippen LogP contribution in [-0.2, 0) is 4.79 Å². The molecular weight excluding hydrogens is 501 g/mol. The van der Waals surface area contributed by atoms with E-state index in [0.29, 0.717) is 29.2 Å². The molecule has 36 heavy (non-hydrogen) atoms. The maximum absolute atomic E-state index is 13.5. The number of thioether (sulfide) groups is 1. The largest absolute Gasteiger partial charge is 0.493 e. The number of nitrogens with one attached hydrogen (secondary N) is 1. The van der Waals surface area contributed by atoms with Gasteiger partial charge < -0.3 is 14.7 Å². The molecule has 4 rings (SSSR count). The van der Waals surface area contributed by atoms with Crippen LogP contribution in [0.25, 0.3) is 0 Å². The number of hydrogen-bond acceptors (Lipinski definition) is 6. The van der Waals surface area contributed by atoms with E-state index in [1.54, 1.807) is 18.3 Å². The number of anilines is 1. The maximum Gasteiger partial charge on any atom is 0.324 e. The van der Waals surface area contributed by atoms with Gasteiger partial charge in [-0.3, -0.25) is 10.1 Å². The summed E-state index contributed by atoms with van der Waals surface area (Å²) in [7, 11) is 0. The normalized spacial score (nSPS) is 20.6. The highest BCUT2D eigenvalue weighted by Gasteiger charge is 2.34. The van der Waals surface area contributed by atoms with Crippen LogP contribution in [0, 0.1) is 11.7 Å². The lowest BCUT2D eigenvalue weighted by molar-refractivity contribution is -0.136. The van der Waals surface area contributed by atoms with Crippen LogP contribution in [0.2, 0.25) is 0 Å². The standard InChI is InChI=1S/C26H34FN3O4S2/c27-19-8-12-22(13-9-19)34-17-18-6-10-21(11-7-18)30(20-4-2-1-3-5-20)26(33)29-25-28-16-24(36-25)35-15-14-23(31)32/h8-9,12-13,16,18,20-21H,1-7,10-11,14-15,17H2,(H,31,32)(H,28,29,33)/t18-,21-. The molecule has 2 aromatic rings. The van der Waals surface area contributed by atoms with Gasteiger partial charge in [0.25, 0.3) is 0 Å². The number of thiazole rings is 1. The lowest BCUT2D eigenvalue weighted by Crippen LogP contribution is -2.51. The van der Waals surface area contributed by atoms with Crippen LogP contribution in [0.3, 0.4) is 0 Å². The van der Waals surface area contributed by atoms with E-state index in [0.717, 1.165) is 55.6 Å². The molecule has 2 aliphatic carbocycles. The summed E-state index contributed by atoms with van der Waals surface area (Å²) in [5.74, 6) is 0.501. The Morgan fingerprint density at radius 3 is 2.47 bits per heavy atom. The molecule has 196 valence electrons. The minimum Gasteiger partial charge on any atom is -0.493 e. The molecule has 1 aromatic carbocycles. The van der Waals surface area contributed by atoms with Gasteiger partial charge in [-0.2, -0.15) is 0 Å². The molecule has 0 bridgehead atoms. The highest BCUT2D eigenvalue weighted by Crippen LogP contribution is 2.34. The predicted molar refractivity (Wildman–Crippen MR) is 140 cm³/mol. The van der Waals surface area contributed by atoms with E-state index < -0.39 is 5.97 Å². The third kappa shape index (κ3) is 7.83. The average Bonchev–Trinajstić information content (AvgIpc) is 3.32. The Morgan fingerprint density at radius 2 is 1.78 bits per heavy atom. The number of nitrogens with zero attached hydrogens (tertiary/aromatic N) is 2. The summed E-state index contributed by atoms with van der Waals surface area (Å²) in [4.78, 5) is 30.7. The van der Waals surface area contributed by atoms with Gasteiger partial charge in [-0.25, -0.2) is 14.2 Å². The third-order valence-electron chi connectivity index (χ3n) is 6.97. The number of ether oxygens (including phenoxy) is 1. The van der Waals surface area contributed by atoms with Gasteiger partial charge in [0, 0.05) is 17.8 Å². The number of hydrogen-bond donors (Lipinski definition) is 2. The minimum atomic E-state index is -0.819. The van der Waals surface area contributed by atoms with Crippen molar-refractivity contribution in [2.45, 2.75) is 80.5 Å². The number of carbonyl (C=O) groups is 2. The smallest absolute Gasteiger partial charge is 0.324 e. The number of carboxylic acid groups (broad SMARTS) is 1. The van der Waals surface area contributed by atoms with E-state index in [4.69, 9.17) is 9.84 Å². The average molecular weight is 536 g/mol. The number of aliphatic carboxylic acids is 1. The second-order valence-electron chi connectivity index (χ2n) is 9.55. The van der Waals surface area contributed by atoms with Gasteiger partial charge in [-0.1, -0.05) is 30.6 Å². The quantitative estimate of drug-likeness (QED) is 0.331. The van der Waals surface area contributed by atoms with Crippen molar-refractivity contribution in [2.75, 3.05) is 17.7 Å². The molecule has 1 heterocycles. The Kier molecular flexibility index (Phi) is 9.86. The van der Waals surface area contributed by atoms with Gasteiger partial charge in [0.2, 0.25) is 0 Å². The first-order valence-electron chi connectivity index (χ1n) is 12.8. The Hall–Kier alpha value is -2.33.